The number of nitro groups is 1. The maximum atomic E-state index is 12.3. The third kappa shape index (κ3) is 5.79. The Hall–Kier alpha value is -3.47. The average molecular weight is 446 g/mol. The number of nitro benzene ring substituents is 1. The minimum atomic E-state index is -0.874. The van der Waals surface area contributed by atoms with Crippen molar-refractivity contribution >= 4 is 40.5 Å². The molecular formula is C20H22N4O6S. The molecule has 10 nitrogen and oxygen atoms in total. The van der Waals surface area contributed by atoms with Crippen LogP contribution in [0.25, 0.3) is 0 Å². The first-order chi connectivity index (χ1) is 14.8. The van der Waals surface area contributed by atoms with Crippen LogP contribution in [-0.2, 0) is 9.53 Å². The first-order valence-corrected chi connectivity index (χ1v) is 10.6. The average Bonchev–Trinajstić information content (AvgIpc) is 3.30. The molecule has 2 heterocycles. The van der Waals surface area contributed by atoms with Crippen LogP contribution in [0, 0.1) is 16.0 Å². The van der Waals surface area contributed by atoms with E-state index in [4.69, 9.17) is 4.74 Å². The van der Waals surface area contributed by atoms with Crippen LogP contribution in [0.15, 0.2) is 35.7 Å². The van der Waals surface area contributed by atoms with Crippen LogP contribution < -0.4 is 15.8 Å². The van der Waals surface area contributed by atoms with Crippen LogP contribution in [0.1, 0.15) is 39.8 Å². The number of hydrogen-bond acceptors (Lipinski definition) is 8. The van der Waals surface area contributed by atoms with Gasteiger partial charge in [-0.2, -0.15) is 0 Å². The van der Waals surface area contributed by atoms with E-state index in [0.29, 0.717) is 29.6 Å². The lowest BCUT2D eigenvalue weighted by Gasteiger charge is -2.32. The fourth-order valence-corrected chi connectivity index (χ4v) is 3.94. The molecule has 1 fully saturated rings. The van der Waals surface area contributed by atoms with Crippen molar-refractivity contribution in [2.75, 3.05) is 24.6 Å². The summed E-state index contributed by atoms with van der Waals surface area (Å²) < 4.78 is 4.91. The molecule has 1 unspecified atom stereocenters. The maximum absolute atomic E-state index is 12.3. The second kappa shape index (κ2) is 10.0. The van der Waals surface area contributed by atoms with E-state index in [2.05, 4.69) is 17.8 Å². The normalized spacial score (nSPS) is 15.8. The third-order valence-corrected chi connectivity index (χ3v) is 5.67. The number of hydrazine groups is 1. The summed E-state index contributed by atoms with van der Waals surface area (Å²) in [6, 6.07) is 7.43. The summed E-state index contributed by atoms with van der Waals surface area (Å²) in [7, 11) is 0. The summed E-state index contributed by atoms with van der Waals surface area (Å²) in [4.78, 5) is 49.2. The Labute approximate surface area is 182 Å². The van der Waals surface area contributed by atoms with Crippen LogP contribution in [0.3, 0.4) is 0 Å². The molecule has 31 heavy (non-hydrogen) atoms. The molecule has 0 saturated carbocycles. The Kier molecular flexibility index (Phi) is 7.19. The molecule has 11 heteroatoms. The molecule has 3 rings (SSSR count). The van der Waals surface area contributed by atoms with Crippen molar-refractivity contribution in [3.8, 4) is 0 Å². The number of piperidine rings is 1. The molecule has 1 aliphatic rings. The second-order valence-electron chi connectivity index (χ2n) is 7.21. The van der Waals surface area contributed by atoms with Crippen molar-refractivity contribution in [3.05, 3.63) is 56.3 Å². The van der Waals surface area contributed by atoms with Crippen molar-refractivity contribution in [2.45, 2.75) is 19.8 Å². The van der Waals surface area contributed by atoms with Gasteiger partial charge in [0, 0.05) is 19.2 Å². The summed E-state index contributed by atoms with van der Waals surface area (Å²) in [5, 5.41) is 13.3. The first kappa shape index (κ1) is 22.2. The molecule has 1 saturated heterocycles. The molecular weight excluding hydrogens is 424 g/mol. The summed E-state index contributed by atoms with van der Waals surface area (Å²) in [6.07, 6.45) is 2.02. The van der Waals surface area contributed by atoms with E-state index < -0.39 is 29.3 Å². The molecule has 164 valence electrons. The third-order valence-electron chi connectivity index (χ3n) is 4.80. The van der Waals surface area contributed by atoms with Gasteiger partial charge < -0.3 is 9.64 Å². The van der Waals surface area contributed by atoms with Gasteiger partial charge in [-0.1, -0.05) is 13.0 Å². The van der Waals surface area contributed by atoms with E-state index >= 15 is 0 Å². The van der Waals surface area contributed by atoms with Gasteiger partial charge in [0.25, 0.3) is 17.5 Å². The lowest BCUT2D eigenvalue weighted by atomic mass is 9.99. The van der Waals surface area contributed by atoms with E-state index in [1.807, 2.05) is 4.90 Å². The van der Waals surface area contributed by atoms with E-state index in [1.165, 1.54) is 23.5 Å². The minimum absolute atomic E-state index is 0.0315. The number of ether oxygens (including phenoxy) is 1. The predicted molar refractivity (Wildman–Crippen MR) is 114 cm³/mol. The maximum Gasteiger partial charge on any atom is 0.338 e. The topological polar surface area (TPSA) is 131 Å². The van der Waals surface area contributed by atoms with Gasteiger partial charge in [0.1, 0.15) is 5.69 Å². The van der Waals surface area contributed by atoms with Crippen LogP contribution in [0.2, 0.25) is 0 Å². The van der Waals surface area contributed by atoms with Crippen LogP contribution in [0.4, 0.5) is 11.4 Å². The SMILES string of the molecule is CC1CCCN(c2ccc(C(=O)OCC(=O)NNC(=O)c3cccs3)cc2[N+](=O)[O-])C1. The number of thiophene rings is 1. The van der Waals surface area contributed by atoms with Gasteiger partial charge in [0.05, 0.1) is 15.4 Å². The minimum Gasteiger partial charge on any atom is -0.452 e. The summed E-state index contributed by atoms with van der Waals surface area (Å²) >= 11 is 1.21. The molecule has 0 aliphatic carbocycles. The Balaban J connectivity index is 1.58. The van der Waals surface area contributed by atoms with E-state index in [9.17, 15) is 24.5 Å². The smallest absolute Gasteiger partial charge is 0.338 e. The fourth-order valence-electron chi connectivity index (χ4n) is 3.32. The van der Waals surface area contributed by atoms with Gasteiger partial charge in [-0.3, -0.25) is 30.6 Å². The quantitative estimate of drug-likeness (QED) is 0.396. The zero-order valence-corrected chi connectivity index (χ0v) is 17.6. The van der Waals surface area contributed by atoms with Gasteiger partial charge in [-0.05, 0) is 42.3 Å². The molecule has 1 aliphatic heterocycles. The highest BCUT2D eigenvalue weighted by Crippen LogP contribution is 2.32. The van der Waals surface area contributed by atoms with Crippen molar-refractivity contribution < 1.29 is 24.0 Å². The molecule has 0 bridgehead atoms. The standard InChI is InChI=1S/C20H22N4O6S/c1-13-4-2-8-23(11-13)15-7-6-14(10-16(15)24(28)29)20(27)30-12-18(25)21-22-19(26)17-5-3-9-31-17/h3,5-7,9-10,13H,2,4,8,11-12H2,1H3,(H,21,25)(H,22,26). The van der Waals surface area contributed by atoms with Gasteiger partial charge in [0.15, 0.2) is 6.61 Å². The number of nitrogens with one attached hydrogen (secondary N) is 2. The summed E-state index contributed by atoms with van der Waals surface area (Å²) in [5.74, 6) is -1.68. The number of carbonyl (C=O) groups is 3. The highest BCUT2D eigenvalue weighted by molar-refractivity contribution is 7.12. The van der Waals surface area contributed by atoms with E-state index in [1.54, 1.807) is 17.5 Å². The molecule has 0 spiro atoms. The van der Waals surface area contributed by atoms with E-state index in [0.717, 1.165) is 18.9 Å². The number of rotatable bonds is 6. The van der Waals surface area contributed by atoms with Crippen molar-refractivity contribution in [3.63, 3.8) is 0 Å². The van der Waals surface area contributed by atoms with Gasteiger partial charge in [0.2, 0.25) is 0 Å². The van der Waals surface area contributed by atoms with Crippen LogP contribution in [-0.4, -0.2) is 42.4 Å². The van der Waals surface area contributed by atoms with Crippen molar-refractivity contribution in [1.82, 2.24) is 10.9 Å². The number of nitrogens with zero attached hydrogens (tertiary/aromatic N) is 2. The van der Waals surface area contributed by atoms with Crippen molar-refractivity contribution in [1.29, 1.82) is 0 Å². The molecule has 1 aromatic carbocycles. The lowest BCUT2D eigenvalue weighted by Crippen LogP contribution is -2.43. The second-order valence-corrected chi connectivity index (χ2v) is 8.16. The summed E-state index contributed by atoms with van der Waals surface area (Å²) in [5.41, 5.74) is 4.59. The molecule has 2 amide bonds. The number of amides is 2. The highest BCUT2D eigenvalue weighted by Gasteiger charge is 2.25. The van der Waals surface area contributed by atoms with E-state index in [-0.39, 0.29) is 11.3 Å². The van der Waals surface area contributed by atoms with Crippen LogP contribution in [0.5, 0.6) is 0 Å². The Bertz CT molecular complexity index is 978. The Morgan fingerprint density at radius 1 is 1.29 bits per heavy atom. The molecule has 1 aromatic heterocycles. The largest absolute Gasteiger partial charge is 0.452 e. The number of hydrogen-bond donors (Lipinski definition) is 2. The van der Waals surface area contributed by atoms with Crippen LogP contribution >= 0.6 is 11.3 Å². The monoisotopic (exact) mass is 446 g/mol. The molecule has 1 atom stereocenters. The van der Waals surface area contributed by atoms with Gasteiger partial charge in [-0.25, -0.2) is 4.79 Å². The Morgan fingerprint density at radius 2 is 2.10 bits per heavy atom. The van der Waals surface area contributed by atoms with Crippen molar-refractivity contribution in [2.24, 2.45) is 5.92 Å². The number of anilines is 1. The predicted octanol–water partition coefficient (Wildman–Crippen LogP) is 2.51. The van der Waals surface area contributed by atoms with Gasteiger partial charge in [-0.15, -0.1) is 11.3 Å². The molecule has 2 aromatic rings. The Morgan fingerprint density at radius 3 is 2.77 bits per heavy atom. The summed E-state index contributed by atoms with van der Waals surface area (Å²) in [6.45, 7) is 2.87. The molecule has 2 N–H and O–H groups in total. The zero-order valence-electron chi connectivity index (χ0n) is 16.8. The number of carbonyl (C=O) groups excluding carboxylic acids is 3. The fraction of sp³-hybridized carbons (Fsp3) is 0.350. The highest BCUT2D eigenvalue weighted by atomic mass is 32.1. The zero-order chi connectivity index (χ0) is 22.4. The lowest BCUT2D eigenvalue weighted by molar-refractivity contribution is -0.384. The molecule has 0 radical (unpaired) electrons. The number of esters is 1. The number of benzene rings is 1. The van der Waals surface area contributed by atoms with Gasteiger partial charge >= 0.3 is 5.97 Å². The first-order valence-electron chi connectivity index (χ1n) is 9.68.